The van der Waals surface area contributed by atoms with Gasteiger partial charge in [-0.2, -0.15) is 0 Å². The van der Waals surface area contributed by atoms with Crippen LogP contribution in [0.5, 0.6) is 0 Å². The van der Waals surface area contributed by atoms with E-state index in [4.69, 9.17) is 0 Å². The predicted molar refractivity (Wildman–Crippen MR) is 79.5 cm³/mol. The number of aliphatic carboxylic acids is 1. The predicted octanol–water partition coefficient (Wildman–Crippen LogP) is 2.53. The van der Waals surface area contributed by atoms with E-state index < -0.39 is 11.9 Å². The van der Waals surface area contributed by atoms with Gasteiger partial charge in [0.05, 0.1) is 5.92 Å². The first-order chi connectivity index (χ1) is 9.78. The monoisotopic (exact) mass is 293 g/mol. The molecular weight excluding hydrogens is 266 g/mol. The van der Waals surface area contributed by atoms with Crippen molar-refractivity contribution in [3.63, 3.8) is 0 Å². The fourth-order valence-corrected chi connectivity index (χ4v) is 5.00. The zero-order chi connectivity index (χ0) is 15.4. The third-order valence-corrected chi connectivity index (χ3v) is 5.77. The van der Waals surface area contributed by atoms with Crippen molar-refractivity contribution in [3.05, 3.63) is 0 Å². The molecule has 4 heteroatoms. The molecule has 0 spiro atoms. The van der Waals surface area contributed by atoms with Gasteiger partial charge in [0, 0.05) is 12.5 Å². The highest BCUT2D eigenvalue weighted by Crippen LogP contribution is 2.69. The van der Waals surface area contributed by atoms with Crippen LogP contribution in [0.3, 0.4) is 0 Å². The van der Waals surface area contributed by atoms with Crippen LogP contribution in [0.4, 0.5) is 0 Å². The second-order valence-corrected chi connectivity index (χ2v) is 8.56. The lowest BCUT2D eigenvalue weighted by atomic mass is 9.84. The third-order valence-electron chi connectivity index (χ3n) is 5.77. The molecule has 0 aromatic rings. The van der Waals surface area contributed by atoms with Crippen molar-refractivity contribution in [1.82, 2.24) is 5.32 Å². The number of carboxylic acids is 1. The van der Waals surface area contributed by atoms with Gasteiger partial charge in [-0.1, -0.05) is 20.8 Å². The Bertz CT molecular complexity index is 437. The number of hydrogen-bond donors (Lipinski definition) is 2. The third kappa shape index (κ3) is 2.82. The molecule has 3 fully saturated rings. The summed E-state index contributed by atoms with van der Waals surface area (Å²) in [7, 11) is 0. The second kappa shape index (κ2) is 4.99. The summed E-state index contributed by atoms with van der Waals surface area (Å²) in [5.74, 6) is 1.82. The molecule has 2 N–H and O–H groups in total. The minimum atomic E-state index is -0.804. The number of rotatable bonds is 5. The van der Waals surface area contributed by atoms with Crippen molar-refractivity contribution >= 4 is 11.9 Å². The van der Waals surface area contributed by atoms with E-state index in [2.05, 4.69) is 5.32 Å². The smallest absolute Gasteiger partial charge is 0.308 e. The minimum Gasteiger partial charge on any atom is -0.481 e. The van der Waals surface area contributed by atoms with E-state index in [1.54, 1.807) is 0 Å². The Labute approximate surface area is 126 Å². The highest BCUT2D eigenvalue weighted by molar-refractivity contribution is 5.83. The standard InChI is InChI=1S/C17H27NO3/c1-17(2,3)7-11(16(20)21)8-18-15(19)14-12-9-4-5-10(6-9)13(12)14/h9-14H,4-8H2,1-3H3,(H,18,19)(H,20,21). The molecule has 3 aliphatic rings. The first-order valence-electron chi connectivity index (χ1n) is 8.28. The van der Waals surface area contributed by atoms with Crippen molar-refractivity contribution in [3.8, 4) is 0 Å². The van der Waals surface area contributed by atoms with Crippen molar-refractivity contribution in [2.24, 2.45) is 40.9 Å². The lowest BCUT2D eigenvalue weighted by Crippen LogP contribution is -2.36. The van der Waals surface area contributed by atoms with Gasteiger partial charge in [0.15, 0.2) is 0 Å². The number of carbonyl (C=O) groups excluding carboxylic acids is 1. The van der Waals surface area contributed by atoms with Gasteiger partial charge in [-0.3, -0.25) is 9.59 Å². The molecule has 4 nitrogen and oxygen atoms in total. The van der Waals surface area contributed by atoms with Gasteiger partial charge in [-0.15, -0.1) is 0 Å². The number of amides is 1. The number of hydrogen-bond acceptors (Lipinski definition) is 2. The Hall–Kier alpha value is -1.06. The van der Waals surface area contributed by atoms with Gasteiger partial charge < -0.3 is 10.4 Å². The molecule has 5 unspecified atom stereocenters. The lowest BCUT2D eigenvalue weighted by molar-refractivity contribution is -0.142. The summed E-state index contributed by atoms with van der Waals surface area (Å²) in [6.07, 6.45) is 4.53. The Kier molecular flexibility index (Phi) is 3.53. The van der Waals surface area contributed by atoms with Gasteiger partial charge in [0.2, 0.25) is 5.91 Å². The molecule has 3 aliphatic carbocycles. The summed E-state index contributed by atoms with van der Waals surface area (Å²) in [6.45, 7) is 6.38. The molecule has 2 bridgehead atoms. The molecule has 0 radical (unpaired) electrons. The van der Waals surface area contributed by atoms with E-state index in [0.29, 0.717) is 18.3 Å². The topological polar surface area (TPSA) is 66.4 Å². The highest BCUT2D eigenvalue weighted by atomic mass is 16.4. The van der Waals surface area contributed by atoms with Gasteiger partial charge in [0.25, 0.3) is 0 Å². The fraction of sp³-hybridized carbons (Fsp3) is 0.882. The average molecular weight is 293 g/mol. The largest absolute Gasteiger partial charge is 0.481 e. The van der Waals surface area contributed by atoms with Crippen molar-refractivity contribution in [2.75, 3.05) is 6.54 Å². The number of nitrogens with one attached hydrogen (secondary N) is 1. The summed E-state index contributed by atoms with van der Waals surface area (Å²) in [4.78, 5) is 23.7. The van der Waals surface area contributed by atoms with Gasteiger partial charge in [-0.05, 0) is 54.8 Å². The molecule has 1 amide bonds. The van der Waals surface area contributed by atoms with Crippen LogP contribution in [0.1, 0.15) is 46.5 Å². The van der Waals surface area contributed by atoms with Crippen molar-refractivity contribution in [1.29, 1.82) is 0 Å². The summed E-state index contributed by atoms with van der Waals surface area (Å²) < 4.78 is 0. The van der Waals surface area contributed by atoms with Crippen LogP contribution < -0.4 is 5.32 Å². The number of fused-ring (bicyclic) bond motifs is 5. The highest BCUT2D eigenvalue weighted by Gasteiger charge is 2.67. The Morgan fingerprint density at radius 1 is 1.19 bits per heavy atom. The first-order valence-corrected chi connectivity index (χ1v) is 8.28. The summed E-state index contributed by atoms with van der Waals surface area (Å²) in [5.41, 5.74) is -0.0387. The van der Waals surface area contributed by atoms with E-state index in [9.17, 15) is 14.7 Å². The lowest BCUT2D eigenvalue weighted by Gasteiger charge is -2.23. The molecule has 0 aromatic heterocycles. The molecule has 118 valence electrons. The van der Waals surface area contributed by atoms with E-state index in [1.165, 1.54) is 19.3 Å². The van der Waals surface area contributed by atoms with Crippen LogP contribution in [0.15, 0.2) is 0 Å². The summed E-state index contributed by atoms with van der Waals surface area (Å²) in [5, 5.41) is 12.2. The van der Waals surface area contributed by atoms with Gasteiger partial charge in [-0.25, -0.2) is 0 Å². The fourth-order valence-electron chi connectivity index (χ4n) is 5.00. The van der Waals surface area contributed by atoms with Gasteiger partial charge in [0.1, 0.15) is 0 Å². The van der Waals surface area contributed by atoms with Crippen LogP contribution >= 0.6 is 0 Å². The zero-order valence-electron chi connectivity index (χ0n) is 13.3. The number of carbonyl (C=O) groups is 2. The molecule has 21 heavy (non-hydrogen) atoms. The molecular formula is C17H27NO3. The molecule has 5 atom stereocenters. The molecule has 0 saturated heterocycles. The van der Waals surface area contributed by atoms with E-state index >= 15 is 0 Å². The quantitative estimate of drug-likeness (QED) is 0.818. The maximum atomic E-state index is 12.3. The van der Waals surface area contributed by atoms with Crippen LogP contribution in [0.25, 0.3) is 0 Å². The Morgan fingerprint density at radius 2 is 1.76 bits per heavy atom. The zero-order valence-corrected chi connectivity index (χ0v) is 13.3. The van der Waals surface area contributed by atoms with Crippen molar-refractivity contribution in [2.45, 2.75) is 46.5 Å². The minimum absolute atomic E-state index is 0.0387. The Morgan fingerprint density at radius 3 is 2.24 bits per heavy atom. The van der Waals surface area contributed by atoms with Crippen LogP contribution in [-0.4, -0.2) is 23.5 Å². The molecule has 3 saturated carbocycles. The Balaban J connectivity index is 1.50. The van der Waals surface area contributed by atoms with Crippen molar-refractivity contribution < 1.29 is 14.7 Å². The maximum absolute atomic E-state index is 12.3. The van der Waals surface area contributed by atoms with E-state index in [1.807, 2.05) is 20.8 Å². The molecule has 0 heterocycles. The van der Waals surface area contributed by atoms with Crippen LogP contribution in [0, 0.1) is 40.9 Å². The van der Waals surface area contributed by atoms with Gasteiger partial charge >= 0.3 is 5.97 Å². The average Bonchev–Trinajstić information content (AvgIpc) is 2.81. The summed E-state index contributed by atoms with van der Waals surface area (Å²) in [6, 6.07) is 0. The second-order valence-electron chi connectivity index (χ2n) is 8.56. The van der Waals surface area contributed by atoms with Crippen LogP contribution in [-0.2, 0) is 9.59 Å². The maximum Gasteiger partial charge on any atom is 0.308 e. The SMILES string of the molecule is CC(C)(C)CC(CNC(=O)C1C2C3CCC(C3)C12)C(=O)O. The molecule has 0 aromatic carbocycles. The van der Waals surface area contributed by atoms with E-state index in [-0.39, 0.29) is 23.8 Å². The molecule has 3 rings (SSSR count). The number of carboxylic acid groups (broad SMARTS) is 1. The molecule has 0 aliphatic heterocycles. The van der Waals surface area contributed by atoms with Crippen LogP contribution in [0.2, 0.25) is 0 Å². The van der Waals surface area contributed by atoms with E-state index in [0.717, 1.165) is 11.8 Å². The first kappa shape index (κ1) is 14.9. The normalized spacial score (nSPS) is 38.0. The summed E-state index contributed by atoms with van der Waals surface area (Å²) >= 11 is 0.